The van der Waals surface area contributed by atoms with Crippen molar-refractivity contribution in [1.29, 1.82) is 0 Å². The molecule has 4 nitrogen and oxygen atoms in total. The molecule has 0 aromatic rings. The van der Waals surface area contributed by atoms with Crippen molar-refractivity contribution in [3.63, 3.8) is 0 Å². The van der Waals surface area contributed by atoms with Gasteiger partial charge in [0.25, 0.3) is 0 Å². The molecule has 0 saturated carbocycles. The number of allylic oxidation sites excluding steroid dienone is 2. The molecule has 0 radical (unpaired) electrons. The lowest BCUT2D eigenvalue weighted by Gasteiger charge is -2.18. The van der Waals surface area contributed by atoms with E-state index in [1.807, 2.05) is 26.0 Å². The van der Waals surface area contributed by atoms with E-state index in [2.05, 4.69) is 5.32 Å². The maximum absolute atomic E-state index is 11.7. The molecular weight excluding hydrogens is 206 g/mol. The van der Waals surface area contributed by atoms with Gasteiger partial charge in [-0.25, -0.2) is 4.79 Å². The van der Waals surface area contributed by atoms with Gasteiger partial charge in [-0.1, -0.05) is 26.0 Å². The van der Waals surface area contributed by atoms with Gasteiger partial charge in [0, 0.05) is 5.92 Å². The van der Waals surface area contributed by atoms with Crippen LogP contribution < -0.4 is 5.32 Å². The summed E-state index contributed by atoms with van der Waals surface area (Å²) in [6, 6.07) is -0.756. The molecule has 0 aliphatic heterocycles. The minimum absolute atomic E-state index is 0.0750. The average Bonchev–Trinajstić information content (AvgIpc) is 2.68. The molecule has 2 N–H and O–H groups in total. The predicted octanol–water partition coefficient (Wildman–Crippen LogP) is 1.57. The number of aliphatic carboxylic acids is 1. The number of carboxylic acids is 1. The quantitative estimate of drug-likeness (QED) is 0.698. The highest BCUT2D eigenvalue weighted by molar-refractivity contribution is 5.85. The summed E-state index contributed by atoms with van der Waals surface area (Å²) in [5.74, 6) is -0.914. The summed E-state index contributed by atoms with van der Waals surface area (Å²) in [6.45, 7) is 3.89. The van der Waals surface area contributed by atoms with Crippen LogP contribution in [0.5, 0.6) is 0 Å². The Balaban J connectivity index is 2.47. The van der Waals surface area contributed by atoms with Gasteiger partial charge in [0.05, 0.1) is 0 Å². The summed E-state index contributed by atoms with van der Waals surface area (Å²) in [5, 5.41) is 11.6. The molecule has 1 amide bonds. The van der Waals surface area contributed by atoms with Gasteiger partial charge >= 0.3 is 5.97 Å². The molecule has 0 aromatic carbocycles. The van der Waals surface area contributed by atoms with Crippen molar-refractivity contribution in [1.82, 2.24) is 5.32 Å². The van der Waals surface area contributed by atoms with E-state index >= 15 is 0 Å². The summed E-state index contributed by atoms with van der Waals surface area (Å²) < 4.78 is 0. The first kappa shape index (κ1) is 12.7. The van der Waals surface area contributed by atoms with Crippen molar-refractivity contribution in [3.05, 3.63) is 12.2 Å². The lowest BCUT2D eigenvalue weighted by atomic mass is 10.0. The van der Waals surface area contributed by atoms with Crippen LogP contribution in [0.3, 0.4) is 0 Å². The summed E-state index contributed by atoms with van der Waals surface area (Å²) in [6.07, 6.45) is 5.84. The first-order valence-corrected chi connectivity index (χ1v) is 5.69. The van der Waals surface area contributed by atoms with E-state index in [-0.39, 0.29) is 17.7 Å². The molecule has 1 atom stereocenters. The van der Waals surface area contributed by atoms with Crippen molar-refractivity contribution < 1.29 is 14.7 Å². The molecule has 1 unspecified atom stereocenters. The van der Waals surface area contributed by atoms with Crippen molar-refractivity contribution in [3.8, 4) is 0 Å². The monoisotopic (exact) mass is 225 g/mol. The van der Waals surface area contributed by atoms with Crippen LogP contribution in [0.2, 0.25) is 0 Å². The van der Waals surface area contributed by atoms with Crippen LogP contribution in [0.4, 0.5) is 0 Å². The number of rotatable bonds is 5. The first-order valence-electron chi connectivity index (χ1n) is 5.69. The van der Waals surface area contributed by atoms with Crippen LogP contribution in [-0.4, -0.2) is 23.0 Å². The van der Waals surface area contributed by atoms with Crippen LogP contribution in [0.1, 0.15) is 33.1 Å². The van der Waals surface area contributed by atoms with E-state index in [1.54, 1.807) is 0 Å². The summed E-state index contributed by atoms with van der Waals surface area (Å²) in [4.78, 5) is 22.7. The zero-order valence-electron chi connectivity index (χ0n) is 9.77. The number of carbonyl (C=O) groups excluding carboxylic acids is 1. The number of hydrogen-bond acceptors (Lipinski definition) is 2. The Kier molecular flexibility index (Phi) is 4.52. The topological polar surface area (TPSA) is 66.4 Å². The Bertz CT molecular complexity index is 289. The molecule has 0 saturated heterocycles. The molecule has 90 valence electrons. The minimum Gasteiger partial charge on any atom is -0.480 e. The van der Waals surface area contributed by atoms with Gasteiger partial charge in [-0.05, 0) is 25.2 Å². The van der Waals surface area contributed by atoms with Crippen molar-refractivity contribution in [2.24, 2.45) is 11.8 Å². The SMILES string of the molecule is CC(C)CC(NC(=O)C1CC=CC1)C(=O)O. The number of carbonyl (C=O) groups is 2. The molecule has 1 aliphatic rings. The van der Waals surface area contributed by atoms with Gasteiger partial charge in [-0.15, -0.1) is 0 Å². The summed E-state index contributed by atoms with van der Waals surface area (Å²) >= 11 is 0. The average molecular weight is 225 g/mol. The van der Waals surface area contributed by atoms with E-state index in [9.17, 15) is 9.59 Å². The number of amides is 1. The van der Waals surface area contributed by atoms with Crippen LogP contribution in [0.15, 0.2) is 12.2 Å². The van der Waals surface area contributed by atoms with Gasteiger partial charge < -0.3 is 10.4 Å². The number of carboxylic acid groups (broad SMARTS) is 1. The second kappa shape index (κ2) is 5.68. The lowest BCUT2D eigenvalue weighted by molar-refractivity contribution is -0.142. The third kappa shape index (κ3) is 3.68. The smallest absolute Gasteiger partial charge is 0.326 e. The standard InChI is InChI=1S/C12H19NO3/c1-8(2)7-10(12(15)16)13-11(14)9-5-3-4-6-9/h3-4,8-10H,5-7H2,1-2H3,(H,13,14)(H,15,16). The molecule has 0 bridgehead atoms. The summed E-state index contributed by atoms with van der Waals surface area (Å²) in [7, 11) is 0. The molecule has 0 fully saturated rings. The van der Waals surface area contributed by atoms with E-state index in [4.69, 9.17) is 5.11 Å². The fourth-order valence-corrected chi connectivity index (χ4v) is 1.81. The maximum Gasteiger partial charge on any atom is 0.326 e. The molecule has 1 rings (SSSR count). The van der Waals surface area contributed by atoms with E-state index in [0.29, 0.717) is 6.42 Å². The number of hydrogen-bond donors (Lipinski definition) is 2. The molecule has 16 heavy (non-hydrogen) atoms. The van der Waals surface area contributed by atoms with E-state index < -0.39 is 12.0 Å². The van der Waals surface area contributed by atoms with Gasteiger partial charge in [-0.3, -0.25) is 4.79 Å². The first-order chi connectivity index (χ1) is 7.50. The second-order valence-electron chi connectivity index (χ2n) is 4.67. The molecule has 1 aliphatic carbocycles. The molecule has 0 aromatic heterocycles. The Hall–Kier alpha value is -1.32. The zero-order chi connectivity index (χ0) is 12.1. The highest BCUT2D eigenvalue weighted by atomic mass is 16.4. The molecular formula is C12H19NO3. The van der Waals surface area contributed by atoms with Crippen molar-refractivity contribution in [2.75, 3.05) is 0 Å². The van der Waals surface area contributed by atoms with E-state index in [1.165, 1.54) is 0 Å². The van der Waals surface area contributed by atoms with Crippen molar-refractivity contribution >= 4 is 11.9 Å². The van der Waals surface area contributed by atoms with Gasteiger partial charge in [-0.2, -0.15) is 0 Å². The minimum atomic E-state index is -0.951. The Labute approximate surface area is 95.7 Å². The number of nitrogens with one attached hydrogen (secondary N) is 1. The van der Waals surface area contributed by atoms with Gasteiger partial charge in [0.15, 0.2) is 0 Å². The molecule has 4 heteroatoms. The normalized spacial score (nSPS) is 17.7. The van der Waals surface area contributed by atoms with Crippen LogP contribution in [0.25, 0.3) is 0 Å². The molecule has 0 heterocycles. The van der Waals surface area contributed by atoms with Gasteiger partial charge in [0.1, 0.15) is 6.04 Å². The largest absolute Gasteiger partial charge is 0.480 e. The van der Waals surface area contributed by atoms with Crippen LogP contribution in [0, 0.1) is 11.8 Å². The maximum atomic E-state index is 11.7. The Morgan fingerprint density at radius 3 is 2.38 bits per heavy atom. The fraction of sp³-hybridized carbons (Fsp3) is 0.667. The lowest BCUT2D eigenvalue weighted by Crippen LogP contribution is -2.43. The van der Waals surface area contributed by atoms with Crippen molar-refractivity contribution in [2.45, 2.75) is 39.2 Å². The zero-order valence-corrected chi connectivity index (χ0v) is 9.77. The Morgan fingerprint density at radius 2 is 1.94 bits per heavy atom. The molecule has 0 spiro atoms. The Morgan fingerprint density at radius 1 is 1.38 bits per heavy atom. The van der Waals surface area contributed by atoms with Crippen LogP contribution in [-0.2, 0) is 9.59 Å². The van der Waals surface area contributed by atoms with Gasteiger partial charge in [0.2, 0.25) is 5.91 Å². The highest BCUT2D eigenvalue weighted by Crippen LogP contribution is 2.18. The van der Waals surface area contributed by atoms with E-state index in [0.717, 1.165) is 12.8 Å². The summed E-state index contributed by atoms with van der Waals surface area (Å²) in [5.41, 5.74) is 0. The van der Waals surface area contributed by atoms with Crippen LogP contribution >= 0.6 is 0 Å². The fourth-order valence-electron chi connectivity index (χ4n) is 1.81. The predicted molar refractivity (Wildman–Crippen MR) is 60.9 cm³/mol. The third-order valence-corrected chi connectivity index (χ3v) is 2.70. The second-order valence-corrected chi connectivity index (χ2v) is 4.67. The third-order valence-electron chi connectivity index (χ3n) is 2.70. The highest BCUT2D eigenvalue weighted by Gasteiger charge is 2.25.